The predicted molar refractivity (Wildman–Crippen MR) is 140 cm³/mol. The molecule has 3 aromatic carbocycles. The summed E-state index contributed by atoms with van der Waals surface area (Å²) in [6.45, 7) is 1.44. The van der Waals surface area contributed by atoms with Crippen molar-refractivity contribution < 1.29 is 9.72 Å². The Balaban J connectivity index is 1.68. The normalized spacial score (nSPS) is 19.0. The maximum atomic E-state index is 12.4. The van der Waals surface area contributed by atoms with Gasteiger partial charge >= 0.3 is 0 Å². The Morgan fingerprint density at radius 3 is 2.34 bits per heavy atom. The molecule has 2 aliphatic heterocycles. The van der Waals surface area contributed by atoms with Gasteiger partial charge in [0, 0.05) is 29.6 Å². The third-order valence-electron chi connectivity index (χ3n) is 5.44. The number of carbonyl (C=O) groups excluding carboxylic acids is 1. The summed E-state index contributed by atoms with van der Waals surface area (Å²) >= 11 is 7.30. The second kappa shape index (κ2) is 9.01. The van der Waals surface area contributed by atoms with E-state index in [1.165, 1.54) is 30.8 Å². The molecule has 0 N–H and O–H groups in total. The zero-order valence-electron chi connectivity index (χ0n) is 18.4. The van der Waals surface area contributed by atoms with Gasteiger partial charge in [0.05, 0.1) is 22.0 Å². The molecule has 0 saturated heterocycles. The molecule has 1 atom stereocenters. The molecule has 0 bridgehead atoms. The van der Waals surface area contributed by atoms with E-state index in [1.807, 2.05) is 54.6 Å². The first kappa shape index (κ1) is 22.8. The second-order valence-corrected chi connectivity index (χ2v) is 9.41. The van der Waals surface area contributed by atoms with E-state index < -0.39 is 9.92 Å². The van der Waals surface area contributed by atoms with Crippen LogP contribution in [0.2, 0.25) is 5.02 Å². The SMILES string of the molecule is CC(=O)C1=NN(c2cccc([N+](=O)[O-])c2)[C@]2(C=CC(c3ccc(Cl)cc3)=NN2c2ccccc2)S1. The molecule has 3 aromatic rings. The lowest BCUT2D eigenvalue weighted by Gasteiger charge is -2.43. The highest BCUT2D eigenvalue weighted by Gasteiger charge is 2.51. The number of Topliss-reactive ketones (excluding diaryl/α,β-unsaturated/α-hetero) is 1. The molecular formula is C25H18ClN5O3S. The monoisotopic (exact) mass is 503 g/mol. The van der Waals surface area contributed by atoms with Crippen LogP contribution in [0.15, 0.2) is 101 Å². The van der Waals surface area contributed by atoms with Gasteiger partial charge in [-0.15, -0.1) is 0 Å². The first-order valence-corrected chi connectivity index (χ1v) is 11.8. The molecule has 0 saturated carbocycles. The van der Waals surface area contributed by atoms with E-state index in [9.17, 15) is 14.9 Å². The fraction of sp³-hybridized carbons (Fsp3) is 0.0800. The van der Waals surface area contributed by atoms with Crippen molar-refractivity contribution in [3.63, 3.8) is 0 Å². The van der Waals surface area contributed by atoms with Gasteiger partial charge in [-0.25, -0.2) is 10.0 Å². The van der Waals surface area contributed by atoms with Gasteiger partial charge in [-0.1, -0.05) is 48.0 Å². The maximum absolute atomic E-state index is 12.4. The highest BCUT2D eigenvalue weighted by molar-refractivity contribution is 8.17. The van der Waals surface area contributed by atoms with Gasteiger partial charge in [0.15, 0.2) is 10.8 Å². The number of nitrogens with zero attached hydrogens (tertiary/aromatic N) is 5. The first-order valence-electron chi connectivity index (χ1n) is 10.6. The fourth-order valence-electron chi connectivity index (χ4n) is 3.79. The smallest absolute Gasteiger partial charge is 0.271 e. The van der Waals surface area contributed by atoms with Crippen LogP contribution in [-0.4, -0.2) is 26.5 Å². The molecule has 2 heterocycles. The Hall–Kier alpha value is -3.95. The Bertz CT molecular complexity index is 1410. The Kier molecular flexibility index (Phi) is 5.88. The maximum Gasteiger partial charge on any atom is 0.271 e. The van der Waals surface area contributed by atoms with E-state index in [0.29, 0.717) is 16.4 Å². The summed E-state index contributed by atoms with van der Waals surface area (Å²) in [6.07, 6.45) is 3.76. The molecule has 2 aliphatic rings. The predicted octanol–water partition coefficient (Wildman–Crippen LogP) is 5.84. The van der Waals surface area contributed by atoms with Crippen LogP contribution in [0, 0.1) is 10.1 Å². The van der Waals surface area contributed by atoms with Crippen LogP contribution in [0.1, 0.15) is 12.5 Å². The number of nitro groups is 1. The highest BCUT2D eigenvalue weighted by Crippen LogP contribution is 2.48. The number of carbonyl (C=O) groups is 1. The number of nitro benzene ring substituents is 1. The van der Waals surface area contributed by atoms with Crippen molar-refractivity contribution in [1.29, 1.82) is 0 Å². The van der Waals surface area contributed by atoms with Crippen molar-refractivity contribution in [2.75, 3.05) is 10.0 Å². The van der Waals surface area contributed by atoms with Crippen molar-refractivity contribution in [1.82, 2.24) is 0 Å². The average molecular weight is 504 g/mol. The molecule has 0 aliphatic carbocycles. The molecule has 8 nitrogen and oxygen atoms in total. The van der Waals surface area contributed by atoms with Crippen LogP contribution in [0.3, 0.4) is 0 Å². The number of allylic oxidation sites excluding steroid dienone is 1. The van der Waals surface area contributed by atoms with Crippen LogP contribution in [-0.2, 0) is 4.79 Å². The summed E-state index contributed by atoms with van der Waals surface area (Å²) < 4.78 is 0. The van der Waals surface area contributed by atoms with E-state index in [4.69, 9.17) is 16.7 Å². The Morgan fingerprint density at radius 1 is 0.971 bits per heavy atom. The van der Waals surface area contributed by atoms with Gasteiger partial charge in [0.25, 0.3) is 5.69 Å². The Morgan fingerprint density at radius 2 is 1.66 bits per heavy atom. The lowest BCUT2D eigenvalue weighted by Crippen LogP contribution is -2.53. The molecule has 0 unspecified atom stereocenters. The number of rotatable bonds is 5. The van der Waals surface area contributed by atoms with Crippen molar-refractivity contribution in [3.8, 4) is 0 Å². The van der Waals surface area contributed by atoms with Crippen LogP contribution >= 0.6 is 23.4 Å². The fourth-order valence-corrected chi connectivity index (χ4v) is 5.06. The number of hydrogen-bond donors (Lipinski definition) is 0. The lowest BCUT2D eigenvalue weighted by molar-refractivity contribution is -0.384. The standard InChI is InChI=1S/C25H18ClN5O3S/c1-17(32)24-28-30(21-8-5-9-22(16-21)31(33)34)25(35-24)15-14-23(18-10-12-19(26)13-11-18)27-29(25)20-6-3-2-4-7-20/h2-16H,1H3/t25-/m1/s1. The molecule has 0 fully saturated rings. The summed E-state index contributed by atoms with van der Waals surface area (Å²) in [5.74, 6) is -0.212. The molecule has 35 heavy (non-hydrogen) atoms. The number of hydrogen-bond acceptors (Lipinski definition) is 8. The van der Waals surface area contributed by atoms with Gasteiger partial charge in [-0.2, -0.15) is 10.2 Å². The second-order valence-electron chi connectivity index (χ2n) is 7.78. The molecule has 10 heteroatoms. The summed E-state index contributed by atoms with van der Waals surface area (Å²) in [5, 5.41) is 25.3. The van der Waals surface area contributed by atoms with Crippen LogP contribution < -0.4 is 10.0 Å². The van der Waals surface area contributed by atoms with Crippen LogP contribution in [0.25, 0.3) is 0 Å². The van der Waals surface area contributed by atoms with Crippen molar-refractivity contribution in [3.05, 3.63) is 112 Å². The number of benzene rings is 3. The molecule has 0 radical (unpaired) electrons. The minimum atomic E-state index is -1.10. The summed E-state index contributed by atoms with van der Waals surface area (Å²) in [6, 6.07) is 23.0. The van der Waals surface area contributed by atoms with Crippen molar-refractivity contribution >= 4 is 57.0 Å². The minimum Gasteiger partial charge on any atom is -0.292 e. The number of hydrazone groups is 2. The van der Waals surface area contributed by atoms with E-state index in [2.05, 4.69) is 5.10 Å². The zero-order chi connectivity index (χ0) is 24.6. The van der Waals surface area contributed by atoms with Crippen molar-refractivity contribution in [2.24, 2.45) is 10.2 Å². The van der Waals surface area contributed by atoms with E-state index in [1.54, 1.807) is 34.3 Å². The molecule has 1 spiro atoms. The number of thioether (sulfide) groups is 1. The quantitative estimate of drug-likeness (QED) is 0.321. The van der Waals surface area contributed by atoms with Gasteiger partial charge in [0.1, 0.15) is 0 Å². The van der Waals surface area contributed by atoms with Crippen LogP contribution in [0.5, 0.6) is 0 Å². The highest BCUT2D eigenvalue weighted by atomic mass is 35.5. The average Bonchev–Trinajstić information content (AvgIpc) is 3.25. The topological polar surface area (TPSA) is 91.4 Å². The van der Waals surface area contributed by atoms with Crippen LogP contribution in [0.4, 0.5) is 17.1 Å². The molecule has 174 valence electrons. The minimum absolute atomic E-state index is 0.0782. The lowest BCUT2D eigenvalue weighted by atomic mass is 10.1. The number of ketones is 1. The van der Waals surface area contributed by atoms with Gasteiger partial charge < -0.3 is 0 Å². The number of halogens is 1. The van der Waals surface area contributed by atoms with E-state index in [-0.39, 0.29) is 16.5 Å². The van der Waals surface area contributed by atoms with E-state index >= 15 is 0 Å². The number of para-hydroxylation sites is 1. The summed E-state index contributed by atoms with van der Waals surface area (Å²) in [7, 11) is 0. The van der Waals surface area contributed by atoms with E-state index in [0.717, 1.165) is 11.3 Å². The summed E-state index contributed by atoms with van der Waals surface area (Å²) in [4.78, 5) is 22.3. The third-order valence-corrected chi connectivity index (χ3v) is 7.03. The number of non-ortho nitro benzene ring substituents is 1. The van der Waals surface area contributed by atoms with Gasteiger partial charge in [-0.05, 0) is 54.2 Å². The third kappa shape index (κ3) is 4.20. The molecule has 0 amide bonds. The van der Waals surface area contributed by atoms with Gasteiger partial charge in [0.2, 0.25) is 4.99 Å². The Labute approximate surface area is 210 Å². The van der Waals surface area contributed by atoms with Crippen molar-refractivity contribution in [2.45, 2.75) is 11.9 Å². The molecule has 0 aromatic heterocycles. The summed E-state index contributed by atoms with van der Waals surface area (Å²) in [5.41, 5.74) is 2.68. The largest absolute Gasteiger partial charge is 0.292 e. The zero-order valence-corrected chi connectivity index (χ0v) is 20.0. The van der Waals surface area contributed by atoms with Gasteiger partial charge in [-0.3, -0.25) is 14.9 Å². The molecular weight excluding hydrogens is 486 g/mol. The molecule has 5 rings (SSSR count). The first-order chi connectivity index (χ1) is 16.9. The number of anilines is 2.